The van der Waals surface area contributed by atoms with Gasteiger partial charge in [0.25, 0.3) is 11.5 Å². The number of rotatable bonds is 5. The first-order chi connectivity index (χ1) is 19.8. The van der Waals surface area contributed by atoms with E-state index in [0.717, 1.165) is 15.8 Å². The van der Waals surface area contributed by atoms with Crippen LogP contribution in [0.1, 0.15) is 29.7 Å². The van der Waals surface area contributed by atoms with Gasteiger partial charge in [0.1, 0.15) is 16.3 Å². The van der Waals surface area contributed by atoms with Crippen molar-refractivity contribution >= 4 is 67.7 Å². The summed E-state index contributed by atoms with van der Waals surface area (Å²) < 4.78 is 13.6. The Kier molecular flexibility index (Phi) is 7.14. The lowest BCUT2D eigenvalue weighted by atomic mass is 9.92. The number of halogens is 2. The summed E-state index contributed by atoms with van der Waals surface area (Å²) in [6.07, 6.45) is 0. The Labute approximate surface area is 251 Å². The normalized spacial score (nSPS) is 17.0. The minimum Gasteiger partial charge on any atom is -0.496 e. The van der Waals surface area contributed by atoms with Gasteiger partial charge in [0, 0.05) is 31.9 Å². The fourth-order valence-corrected chi connectivity index (χ4v) is 6.72. The Morgan fingerprint density at radius 1 is 1.12 bits per heavy atom. The highest BCUT2D eigenvalue weighted by Gasteiger charge is 2.38. The van der Waals surface area contributed by atoms with Gasteiger partial charge in [-0.1, -0.05) is 69.2 Å². The minimum atomic E-state index is -0.967. The second-order valence-corrected chi connectivity index (χ2v) is 11.5. The molecule has 8 nitrogen and oxygen atoms in total. The molecular weight excluding hydrogens is 630 g/mol. The lowest BCUT2D eigenvalue weighted by Gasteiger charge is -2.27. The van der Waals surface area contributed by atoms with Gasteiger partial charge in [-0.05, 0) is 43.3 Å². The molecule has 0 unspecified atom stereocenters. The van der Waals surface area contributed by atoms with Crippen molar-refractivity contribution in [1.29, 1.82) is 0 Å². The zero-order valence-electron chi connectivity index (χ0n) is 21.7. The van der Waals surface area contributed by atoms with Crippen LogP contribution in [0.4, 0.5) is 5.69 Å². The van der Waals surface area contributed by atoms with Crippen molar-refractivity contribution in [2.75, 3.05) is 19.0 Å². The summed E-state index contributed by atoms with van der Waals surface area (Å²) >= 11 is 10.9. The molecule has 1 amide bonds. The largest absolute Gasteiger partial charge is 0.496 e. The Morgan fingerprint density at radius 3 is 2.63 bits per heavy atom. The molecule has 3 aromatic carbocycles. The zero-order valence-corrected chi connectivity index (χ0v) is 24.9. The molecule has 0 saturated carbocycles. The van der Waals surface area contributed by atoms with Crippen molar-refractivity contribution in [3.63, 3.8) is 0 Å². The van der Waals surface area contributed by atoms with Gasteiger partial charge in [0.2, 0.25) is 0 Å². The van der Waals surface area contributed by atoms with Crippen LogP contribution in [-0.4, -0.2) is 30.2 Å². The molecule has 206 valence electrons. The van der Waals surface area contributed by atoms with E-state index in [9.17, 15) is 14.4 Å². The number of amides is 1. The summed E-state index contributed by atoms with van der Waals surface area (Å²) in [5.74, 6) is -0.573. The van der Waals surface area contributed by atoms with E-state index in [1.807, 2.05) is 36.4 Å². The molecule has 0 aliphatic carbocycles. The quantitative estimate of drug-likeness (QED) is 0.317. The second-order valence-electron chi connectivity index (χ2n) is 9.16. The number of carbonyl (C=O) groups is 2. The van der Waals surface area contributed by atoms with E-state index in [1.165, 1.54) is 11.7 Å². The van der Waals surface area contributed by atoms with Crippen LogP contribution in [0.15, 0.2) is 86.6 Å². The molecule has 3 heterocycles. The number of fused-ring (bicyclic) bond motifs is 2. The predicted molar refractivity (Wildman–Crippen MR) is 161 cm³/mol. The Morgan fingerprint density at radius 2 is 1.90 bits per heavy atom. The average Bonchev–Trinajstić information content (AvgIpc) is 3.46. The molecule has 41 heavy (non-hydrogen) atoms. The minimum absolute atomic E-state index is 0.124. The molecule has 0 bridgehead atoms. The number of hydrogen-bond donors (Lipinski definition) is 1. The molecule has 0 radical (unpaired) electrons. The number of ether oxygens (including phenoxy) is 2. The van der Waals surface area contributed by atoms with Crippen LogP contribution < -0.4 is 24.9 Å². The molecule has 1 N–H and O–H groups in total. The Bertz CT molecular complexity index is 1970. The standard InChI is InChI=1S/C30H21BrClN3O5S/c1-3-40-29(38)23-24(15-7-5-4-6-8-15)34-30-35(25(23)19-13-16(31)9-12-21(19)39-2)28(37)26(41-30)22-18-14-17(32)10-11-20(18)33-27(22)36/h4-14,25H,3H2,1-2H3,(H,33,36)/b26-22+/t25-/m1/s1. The summed E-state index contributed by atoms with van der Waals surface area (Å²) in [5.41, 5.74) is 2.57. The van der Waals surface area contributed by atoms with Crippen molar-refractivity contribution in [3.8, 4) is 5.75 Å². The van der Waals surface area contributed by atoms with Gasteiger partial charge in [-0.3, -0.25) is 14.2 Å². The second kappa shape index (κ2) is 10.8. The van der Waals surface area contributed by atoms with Gasteiger partial charge in [-0.15, -0.1) is 0 Å². The van der Waals surface area contributed by atoms with Crippen molar-refractivity contribution in [3.05, 3.63) is 118 Å². The van der Waals surface area contributed by atoms with Crippen LogP contribution in [0.5, 0.6) is 5.75 Å². The number of carbonyl (C=O) groups excluding carboxylic acids is 2. The Balaban J connectivity index is 1.76. The molecule has 2 aliphatic heterocycles. The van der Waals surface area contributed by atoms with Crippen LogP contribution in [0.3, 0.4) is 0 Å². The van der Waals surface area contributed by atoms with Gasteiger partial charge in [0.15, 0.2) is 4.80 Å². The third-order valence-corrected chi connectivity index (χ3v) is 8.57. The number of thiazole rings is 1. The lowest BCUT2D eigenvalue weighted by molar-refractivity contribution is -0.138. The summed E-state index contributed by atoms with van der Waals surface area (Å²) in [5, 5.41) is 3.24. The smallest absolute Gasteiger partial charge is 0.338 e. The molecule has 0 fully saturated rings. The summed E-state index contributed by atoms with van der Waals surface area (Å²) in [6, 6.07) is 18.6. The highest BCUT2D eigenvalue weighted by atomic mass is 79.9. The van der Waals surface area contributed by atoms with Gasteiger partial charge < -0.3 is 14.8 Å². The van der Waals surface area contributed by atoms with E-state index in [-0.39, 0.29) is 22.3 Å². The maximum absolute atomic E-state index is 14.3. The Hall–Kier alpha value is -3.99. The number of nitrogens with one attached hydrogen (secondary N) is 1. The third-order valence-electron chi connectivity index (χ3n) is 6.79. The predicted octanol–water partition coefficient (Wildman–Crippen LogP) is 4.68. The first-order valence-electron chi connectivity index (χ1n) is 12.6. The van der Waals surface area contributed by atoms with Gasteiger partial charge in [-0.2, -0.15) is 0 Å². The number of aromatic nitrogens is 1. The molecule has 6 rings (SSSR count). The third kappa shape index (κ3) is 4.61. The van der Waals surface area contributed by atoms with Gasteiger partial charge in [0.05, 0.1) is 30.6 Å². The molecule has 4 aromatic rings. The molecule has 2 aliphatic rings. The van der Waals surface area contributed by atoms with Crippen molar-refractivity contribution in [2.24, 2.45) is 4.99 Å². The number of benzene rings is 3. The number of esters is 1. The topological polar surface area (TPSA) is 99.0 Å². The van der Waals surface area contributed by atoms with E-state index in [2.05, 4.69) is 21.2 Å². The SMILES string of the molecule is CCOC(=O)C1=C(c2ccccc2)N=c2s/c(=C3/C(=O)Nc4ccc(Cl)cc43)c(=O)n2[C@@H]1c1cc(Br)ccc1OC. The summed E-state index contributed by atoms with van der Waals surface area (Å²) in [4.78, 5) is 46.4. The van der Waals surface area contributed by atoms with E-state index in [4.69, 9.17) is 26.1 Å². The highest BCUT2D eigenvalue weighted by Crippen LogP contribution is 2.40. The van der Waals surface area contributed by atoms with Crippen LogP contribution >= 0.6 is 38.9 Å². The van der Waals surface area contributed by atoms with E-state index >= 15 is 0 Å². The average molecular weight is 651 g/mol. The highest BCUT2D eigenvalue weighted by molar-refractivity contribution is 9.10. The van der Waals surface area contributed by atoms with Crippen molar-refractivity contribution in [2.45, 2.75) is 13.0 Å². The fraction of sp³-hybridized carbons (Fsp3) is 0.133. The van der Waals surface area contributed by atoms with Crippen LogP contribution in [0.25, 0.3) is 11.3 Å². The monoisotopic (exact) mass is 649 g/mol. The molecule has 0 spiro atoms. The maximum atomic E-state index is 14.3. The fourth-order valence-electron chi connectivity index (χ4n) is 5.07. The van der Waals surface area contributed by atoms with Crippen molar-refractivity contribution < 1.29 is 19.1 Å². The first kappa shape index (κ1) is 27.2. The number of methoxy groups -OCH3 is 1. The maximum Gasteiger partial charge on any atom is 0.338 e. The van der Waals surface area contributed by atoms with Gasteiger partial charge >= 0.3 is 5.97 Å². The van der Waals surface area contributed by atoms with E-state index < -0.39 is 23.5 Å². The van der Waals surface area contributed by atoms with Crippen molar-refractivity contribution in [1.82, 2.24) is 4.57 Å². The lowest BCUT2D eigenvalue weighted by Crippen LogP contribution is -2.40. The van der Waals surface area contributed by atoms with Crippen LogP contribution in [0.2, 0.25) is 5.02 Å². The molecule has 1 atom stereocenters. The first-order valence-corrected chi connectivity index (χ1v) is 14.6. The van der Waals surface area contributed by atoms with Crippen LogP contribution in [0, 0.1) is 0 Å². The van der Waals surface area contributed by atoms with Crippen LogP contribution in [-0.2, 0) is 14.3 Å². The molecular formula is C30H21BrClN3O5S. The van der Waals surface area contributed by atoms with E-state index in [0.29, 0.717) is 43.6 Å². The molecule has 11 heteroatoms. The molecule has 0 saturated heterocycles. The number of nitrogens with zero attached hydrogens (tertiary/aromatic N) is 2. The van der Waals surface area contributed by atoms with Gasteiger partial charge in [-0.25, -0.2) is 9.79 Å². The number of hydrogen-bond acceptors (Lipinski definition) is 7. The van der Waals surface area contributed by atoms with E-state index in [1.54, 1.807) is 37.3 Å². The summed E-state index contributed by atoms with van der Waals surface area (Å²) in [7, 11) is 1.52. The number of anilines is 1. The molecule has 1 aromatic heterocycles. The summed E-state index contributed by atoms with van der Waals surface area (Å²) in [6.45, 7) is 1.84. The zero-order chi connectivity index (χ0) is 28.8.